The molecule has 0 aromatic heterocycles. The number of carboxylic acid groups (broad SMARTS) is 1. The lowest BCUT2D eigenvalue weighted by molar-refractivity contribution is -0.143. The number of carboxylic acids is 1. The van der Waals surface area contributed by atoms with Crippen molar-refractivity contribution < 1.29 is 9.90 Å². The Morgan fingerprint density at radius 1 is 1.00 bits per heavy atom. The van der Waals surface area contributed by atoms with E-state index < -0.39 is 5.97 Å². The van der Waals surface area contributed by atoms with E-state index in [9.17, 15) is 4.79 Å². The quantitative estimate of drug-likeness (QED) is 0.561. The fraction of sp³-hybridized carbons (Fsp3) is 0.929. The zero-order valence-electron chi connectivity index (χ0n) is 10.6. The third kappa shape index (κ3) is 4.54. The van der Waals surface area contributed by atoms with Gasteiger partial charge < -0.3 is 5.11 Å². The van der Waals surface area contributed by atoms with Gasteiger partial charge in [-0.1, -0.05) is 58.3 Å². The summed E-state index contributed by atoms with van der Waals surface area (Å²) in [6.07, 6.45) is 13.1. The van der Waals surface area contributed by atoms with Crippen LogP contribution in [0.1, 0.15) is 77.6 Å². The van der Waals surface area contributed by atoms with Crippen LogP contribution in [0.25, 0.3) is 0 Å². The summed E-state index contributed by atoms with van der Waals surface area (Å²) in [5, 5.41) is 9.00. The van der Waals surface area contributed by atoms with Crippen LogP contribution in [0.4, 0.5) is 0 Å². The van der Waals surface area contributed by atoms with Crippen LogP contribution < -0.4 is 0 Å². The summed E-state index contributed by atoms with van der Waals surface area (Å²) in [4.78, 5) is 10.9. The molecule has 0 aliphatic heterocycles. The molecule has 1 fully saturated rings. The molecule has 0 atom stereocenters. The van der Waals surface area contributed by atoms with Gasteiger partial charge in [0.05, 0.1) is 5.41 Å². The summed E-state index contributed by atoms with van der Waals surface area (Å²) in [5.41, 5.74) is -0.289. The Hall–Kier alpha value is -0.530. The van der Waals surface area contributed by atoms with Crippen molar-refractivity contribution in [2.24, 2.45) is 5.41 Å². The first-order chi connectivity index (χ1) is 7.71. The van der Waals surface area contributed by atoms with E-state index in [-0.39, 0.29) is 5.41 Å². The van der Waals surface area contributed by atoms with Crippen LogP contribution in [0.2, 0.25) is 0 Å². The standard InChI is InChI=1S/C14H26O2/c1-2-3-4-5-6-7-8-9-10-14(11-12-14)13(15)16/h2-12H2,1H3,(H,15,16). The molecule has 0 saturated heterocycles. The van der Waals surface area contributed by atoms with Crippen LogP contribution in [-0.2, 0) is 4.79 Å². The van der Waals surface area contributed by atoms with Gasteiger partial charge in [0.25, 0.3) is 0 Å². The van der Waals surface area contributed by atoms with Gasteiger partial charge in [0, 0.05) is 0 Å². The van der Waals surface area contributed by atoms with Crippen LogP contribution in [-0.4, -0.2) is 11.1 Å². The lowest BCUT2D eigenvalue weighted by atomic mass is 9.98. The van der Waals surface area contributed by atoms with E-state index in [0.29, 0.717) is 0 Å². The second-order valence-electron chi connectivity index (χ2n) is 5.31. The molecule has 0 unspecified atom stereocenters. The number of hydrogen-bond donors (Lipinski definition) is 1. The second kappa shape index (κ2) is 6.93. The molecule has 1 rings (SSSR count). The maximum Gasteiger partial charge on any atom is 0.309 e. The molecule has 0 radical (unpaired) electrons. The molecule has 1 N–H and O–H groups in total. The highest BCUT2D eigenvalue weighted by atomic mass is 16.4. The van der Waals surface area contributed by atoms with Gasteiger partial charge in [0.2, 0.25) is 0 Å². The number of rotatable bonds is 10. The minimum absolute atomic E-state index is 0.289. The van der Waals surface area contributed by atoms with E-state index in [1.807, 2.05) is 0 Å². The van der Waals surface area contributed by atoms with Gasteiger partial charge in [-0.15, -0.1) is 0 Å². The molecule has 1 aliphatic carbocycles. The van der Waals surface area contributed by atoms with E-state index in [4.69, 9.17) is 5.11 Å². The summed E-state index contributed by atoms with van der Waals surface area (Å²) in [7, 11) is 0. The number of aliphatic carboxylic acids is 1. The van der Waals surface area contributed by atoms with Gasteiger partial charge in [0.1, 0.15) is 0 Å². The van der Waals surface area contributed by atoms with Crippen molar-refractivity contribution in [3.63, 3.8) is 0 Å². The Morgan fingerprint density at radius 2 is 1.50 bits per heavy atom. The fourth-order valence-electron chi connectivity index (χ4n) is 2.32. The second-order valence-corrected chi connectivity index (χ2v) is 5.31. The highest BCUT2D eigenvalue weighted by Crippen LogP contribution is 2.50. The monoisotopic (exact) mass is 226 g/mol. The van der Waals surface area contributed by atoms with E-state index in [1.165, 1.54) is 44.9 Å². The Labute approximate surface area is 99.4 Å². The van der Waals surface area contributed by atoms with Crippen LogP contribution in [0, 0.1) is 5.41 Å². The lowest BCUT2D eigenvalue weighted by Gasteiger charge is -2.08. The summed E-state index contributed by atoms with van der Waals surface area (Å²) >= 11 is 0. The van der Waals surface area contributed by atoms with E-state index >= 15 is 0 Å². The molecule has 0 aromatic carbocycles. The summed E-state index contributed by atoms with van der Waals surface area (Å²) < 4.78 is 0. The van der Waals surface area contributed by atoms with E-state index in [0.717, 1.165) is 25.7 Å². The molecule has 2 nitrogen and oxygen atoms in total. The molecule has 1 aliphatic rings. The van der Waals surface area contributed by atoms with Crippen molar-refractivity contribution in [2.75, 3.05) is 0 Å². The minimum Gasteiger partial charge on any atom is -0.481 e. The first-order valence-corrected chi connectivity index (χ1v) is 6.95. The fourth-order valence-corrected chi connectivity index (χ4v) is 2.32. The lowest BCUT2D eigenvalue weighted by Crippen LogP contribution is -2.14. The van der Waals surface area contributed by atoms with Crippen molar-refractivity contribution in [3.8, 4) is 0 Å². The number of unbranched alkanes of at least 4 members (excludes halogenated alkanes) is 7. The Balaban J connectivity index is 1.87. The molecule has 16 heavy (non-hydrogen) atoms. The van der Waals surface area contributed by atoms with Gasteiger partial charge in [-0.05, 0) is 19.3 Å². The third-order valence-corrected chi connectivity index (χ3v) is 3.82. The van der Waals surface area contributed by atoms with Crippen LogP contribution in [0.5, 0.6) is 0 Å². The maximum atomic E-state index is 10.9. The van der Waals surface area contributed by atoms with Gasteiger partial charge in [0.15, 0.2) is 0 Å². The molecular weight excluding hydrogens is 200 g/mol. The van der Waals surface area contributed by atoms with Crippen LogP contribution in [0.15, 0.2) is 0 Å². The molecule has 0 heterocycles. The van der Waals surface area contributed by atoms with E-state index in [1.54, 1.807) is 0 Å². The largest absolute Gasteiger partial charge is 0.481 e. The number of hydrogen-bond acceptors (Lipinski definition) is 1. The van der Waals surface area contributed by atoms with Gasteiger partial charge >= 0.3 is 5.97 Å². The summed E-state index contributed by atoms with van der Waals surface area (Å²) in [6, 6.07) is 0. The molecule has 1 saturated carbocycles. The molecule has 0 amide bonds. The molecule has 0 spiro atoms. The molecule has 0 bridgehead atoms. The zero-order chi connectivity index (χ0) is 11.9. The van der Waals surface area contributed by atoms with Crippen LogP contribution >= 0.6 is 0 Å². The van der Waals surface area contributed by atoms with Gasteiger partial charge in [-0.25, -0.2) is 0 Å². The summed E-state index contributed by atoms with van der Waals surface area (Å²) in [5.74, 6) is -0.560. The minimum atomic E-state index is -0.560. The van der Waals surface area contributed by atoms with Crippen molar-refractivity contribution in [1.29, 1.82) is 0 Å². The topological polar surface area (TPSA) is 37.3 Å². The Morgan fingerprint density at radius 3 is 1.94 bits per heavy atom. The van der Waals surface area contributed by atoms with Crippen molar-refractivity contribution in [3.05, 3.63) is 0 Å². The van der Waals surface area contributed by atoms with E-state index in [2.05, 4.69) is 6.92 Å². The van der Waals surface area contributed by atoms with Crippen LogP contribution in [0.3, 0.4) is 0 Å². The normalized spacial score (nSPS) is 17.3. The van der Waals surface area contributed by atoms with Gasteiger partial charge in [-0.3, -0.25) is 4.79 Å². The average Bonchev–Trinajstić information content (AvgIpc) is 3.03. The average molecular weight is 226 g/mol. The molecular formula is C14H26O2. The third-order valence-electron chi connectivity index (χ3n) is 3.82. The Bertz CT molecular complexity index is 207. The zero-order valence-corrected chi connectivity index (χ0v) is 10.6. The van der Waals surface area contributed by atoms with Gasteiger partial charge in [-0.2, -0.15) is 0 Å². The first kappa shape index (κ1) is 13.5. The predicted octanol–water partition coefficient (Wildman–Crippen LogP) is 4.38. The molecule has 0 aromatic rings. The van der Waals surface area contributed by atoms with Crippen molar-refractivity contribution in [2.45, 2.75) is 77.6 Å². The maximum absolute atomic E-state index is 10.9. The van der Waals surface area contributed by atoms with Crippen molar-refractivity contribution >= 4 is 5.97 Å². The Kier molecular flexibility index (Phi) is 5.86. The van der Waals surface area contributed by atoms with Crippen molar-refractivity contribution in [1.82, 2.24) is 0 Å². The molecule has 2 heteroatoms. The SMILES string of the molecule is CCCCCCCCCCC1(C(=O)O)CC1. The highest BCUT2D eigenvalue weighted by molar-refractivity contribution is 5.77. The first-order valence-electron chi connectivity index (χ1n) is 6.95. The summed E-state index contributed by atoms with van der Waals surface area (Å²) in [6.45, 7) is 2.24. The highest BCUT2D eigenvalue weighted by Gasteiger charge is 2.49. The smallest absolute Gasteiger partial charge is 0.309 e. The predicted molar refractivity (Wildman–Crippen MR) is 66.5 cm³/mol. The molecule has 94 valence electrons. The number of carbonyl (C=O) groups is 1.